The van der Waals surface area contributed by atoms with Gasteiger partial charge in [-0.15, -0.1) is 0 Å². The number of rotatable bonds is 2. The predicted molar refractivity (Wildman–Crippen MR) is 48.4 cm³/mol. The van der Waals surface area contributed by atoms with Crippen LogP contribution in [0.4, 0.5) is 0 Å². The first-order valence-corrected chi connectivity index (χ1v) is 4.16. The van der Waals surface area contributed by atoms with Gasteiger partial charge in [-0.1, -0.05) is 17.7 Å². The van der Waals surface area contributed by atoms with Crippen molar-refractivity contribution < 1.29 is 0 Å². The molecule has 0 aliphatic heterocycles. The summed E-state index contributed by atoms with van der Waals surface area (Å²) in [6.45, 7) is 0.598. The lowest BCUT2D eigenvalue weighted by atomic mass is 10.3. The van der Waals surface area contributed by atoms with Crippen molar-refractivity contribution in [2.24, 2.45) is 0 Å². The minimum absolute atomic E-state index is 0.498. The van der Waals surface area contributed by atoms with Gasteiger partial charge in [0.05, 0.1) is 12.2 Å². The standard InChI is InChI=1S/C8H7ClN4/c9-8-3-1-2-7(12-8)4-13-6-10-5-11-13/h1-3,5-6H,4H2. The van der Waals surface area contributed by atoms with Crippen LogP contribution >= 0.6 is 11.6 Å². The number of aromatic nitrogens is 4. The average molecular weight is 195 g/mol. The highest BCUT2D eigenvalue weighted by atomic mass is 35.5. The Morgan fingerprint density at radius 3 is 3.00 bits per heavy atom. The quantitative estimate of drug-likeness (QED) is 0.679. The summed E-state index contributed by atoms with van der Waals surface area (Å²) < 4.78 is 1.69. The van der Waals surface area contributed by atoms with Crippen LogP contribution < -0.4 is 0 Å². The van der Waals surface area contributed by atoms with Crippen LogP contribution in [0.3, 0.4) is 0 Å². The minimum atomic E-state index is 0.498. The van der Waals surface area contributed by atoms with E-state index in [0.29, 0.717) is 11.7 Å². The van der Waals surface area contributed by atoms with Gasteiger partial charge in [0.2, 0.25) is 0 Å². The first-order chi connectivity index (χ1) is 6.34. The summed E-state index contributed by atoms with van der Waals surface area (Å²) in [6.07, 6.45) is 3.13. The van der Waals surface area contributed by atoms with Crippen molar-refractivity contribution in [2.45, 2.75) is 6.54 Å². The van der Waals surface area contributed by atoms with Crippen LogP contribution in [0.15, 0.2) is 30.9 Å². The highest BCUT2D eigenvalue weighted by Crippen LogP contribution is 2.05. The van der Waals surface area contributed by atoms with Gasteiger partial charge in [-0.25, -0.2) is 14.6 Å². The molecule has 0 atom stereocenters. The topological polar surface area (TPSA) is 43.6 Å². The van der Waals surface area contributed by atoms with Gasteiger partial charge in [-0.2, -0.15) is 5.10 Å². The largest absolute Gasteiger partial charge is 0.247 e. The van der Waals surface area contributed by atoms with Crippen molar-refractivity contribution in [3.8, 4) is 0 Å². The molecular weight excluding hydrogens is 188 g/mol. The summed E-state index contributed by atoms with van der Waals surface area (Å²) in [5, 5.41) is 4.46. The third kappa shape index (κ3) is 2.03. The fraction of sp³-hybridized carbons (Fsp3) is 0.125. The Hall–Kier alpha value is -1.42. The Labute approximate surface area is 80.2 Å². The second-order valence-corrected chi connectivity index (χ2v) is 2.93. The third-order valence-corrected chi connectivity index (χ3v) is 1.77. The van der Waals surface area contributed by atoms with Gasteiger partial charge in [-0.3, -0.25) is 0 Å². The molecule has 0 aliphatic carbocycles. The Morgan fingerprint density at radius 2 is 2.31 bits per heavy atom. The van der Waals surface area contributed by atoms with E-state index in [1.54, 1.807) is 17.1 Å². The van der Waals surface area contributed by atoms with Crippen molar-refractivity contribution in [1.82, 2.24) is 19.7 Å². The molecule has 2 aromatic heterocycles. The fourth-order valence-corrected chi connectivity index (χ4v) is 1.20. The molecule has 0 spiro atoms. The average Bonchev–Trinajstić information content (AvgIpc) is 2.57. The molecular formula is C8H7ClN4. The van der Waals surface area contributed by atoms with E-state index < -0.39 is 0 Å². The highest BCUT2D eigenvalue weighted by molar-refractivity contribution is 6.29. The fourth-order valence-electron chi connectivity index (χ4n) is 1.02. The number of hydrogen-bond donors (Lipinski definition) is 0. The van der Waals surface area contributed by atoms with Crippen LogP contribution in [0.5, 0.6) is 0 Å². The van der Waals surface area contributed by atoms with Crippen molar-refractivity contribution in [3.63, 3.8) is 0 Å². The van der Waals surface area contributed by atoms with E-state index in [1.807, 2.05) is 12.1 Å². The van der Waals surface area contributed by atoms with E-state index >= 15 is 0 Å². The van der Waals surface area contributed by atoms with Gasteiger partial charge in [0, 0.05) is 0 Å². The van der Waals surface area contributed by atoms with Gasteiger partial charge in [0.15, 0.2) is 0 Å². The summed E-state index contributed by atoms with van der Waals surface area (Å²) in [7, 11) is 0. The van der Waals surface area contributed by atoms with Crippen molar-refractivity contribution in [3.05, 3.63) is 41.7 Å². The van der Waals surface area contributed by atoms with Crippen LogP contribution in [-0.2, 0) is 6.54 Å². The monoisotopic (exact) mass is 194 g/mol. The van der Waals surface area contributed by atoms with E-state index in [0.717, 1.165) is 5.69 Å². The Morgan fingerprint density at radius 1 is 1.38 bits per heavy atom. The lowest BCUT2D eigenvalue weighted by molar-refractivity contribution is 0.671. The molecule has 2 heterocycles. The number of nitrogens with zero attached hydrogens (tertiary/aromatic N) is 4. The predicted octanol–water partition coefficient (Wildman–Crippen LogP) is 1.37. The molecule has 4 nitrogen and oxygen atoms in total. The van der Waals surface area contributed by atoms with Gasteiger partial charge < -0.3 is 0 Å². The molecule has 13 heavy (non-hydrogen) atoms. The number of halogens is 1. The summed E-state index contributed by atoms with van der Waals surface area (Å²) in [6, 6.07) is 5.50. The SMILES string of the molecule is Clc1cccc(Cn2cncn2)n1. The zero-order valence-corrected chi connectivity index (χ0v) is 7.52. The molecule has 0 bridgehead atoms. The summed E-state index contributed by atoms with van der Waals surface area (Å²) >= 11 is 5.73. The molecule has 0 aliphatic rings. The van der Waals surface area contributed by atoms with Gasteiger partial charge in [-0.05, 0) is 12.1 Å². The molecule has 2 aromatic rings. The normalized spacial score (nSPS) is 10.2. The van der Waals surface area contributed by atoms with Crippen molar-refractivity contribution in [1.29, 1.82) is 0 Å². The zero-order valence-electron chi connectivity index (χ0n) is 6.76. The summed E-state index contributed by atoms with van der Waals surface area (Å²) in [5.74, 6) is 0. The van der Waals surface area contributed by atoms with Gasteiger partial charge in [0.1, 0.15) is 17.8 Å². The molecule has 2 rings (SSSR count). The molecule has 0 radical (unpaired) electrons. The summed E-state index contributed by atoms with van der Waals surface area (Å²) in [5.41, 5.74) is 0.873. The Kier molecular flexibility index (Phi) is 2.23. The lowest BCUT2D eigenvalue weighted by Gasteiger charge is -1.99. The van der Waals surface area contributed by atoms with E-state index in [1.165, 1.54) is 6.33 Å². The van der Waals surface area contributed by atoms with Crippen LogP contribution in [0.1, 0.15) is 5.69 Å². The second-order valence-electron chi connectivity index (χ2n) is 2.54. The van der Waals surface area contributed by atoms with Crippen LogP contribution in [-0.4, -0.2) is 19.7 Å². The molecule has 0 unspecified atom stereocenters. The lowest BCUT2D eigenvalue weighted by Crippen LogP contribution is -2.01. The molecule has 0 saturated carbocycles. The van der Waals surface area contributed by atoms with Gasteiger partial charge in [0.25, 0.3) is 0 Å². The Bertz CT molecular complexity index is 385. The molecule has 0 amide bonds. The first-order valence-electron chi connectivity index (χ1n) is 3.78. The summed E-state index contributed by atoms with van der Waals surface area (Å²) in [4.78, 5) is 7.96. The minimum Gasteiger partial charge on any atom is -0.247 e. The maximum Gasteiger partial charge on any atom is 0.137 e. The second kappa shape index (κ2) is 3.53. The molecule has 0 saturated heterocycles. The molecule has 0 fully saturated rings. The molecule has 5 heteroatoms. The zero-order chi connectivity index (χ0) is 9.10. The highest BCUT2D eigenvalue weighted by Gasteiger charge is 1.97. The molecule has 66 valence electrons. The maximum absolute atomic E-state index is 5.73. The van der Waals surface area contributed by atoms with Crippen LogP contribution in [0.25, 0.3) is 0 Å². The van der Waals surface area contributed by atoms with Crippen LogP contribution in [0, 0.1) is 0 Å². The van der Waals surface area contributed by atoms with E-state index in [2.05, 4.69) is 15.1 Å². The maximum atomic E-state index is 5.73. The van der Waals surface area contributed by atoms with Crippen molar-refractivity contribution in [2.75, 3.05) is 0 Å². The molecule has 0 N–H and O–H groups in total. The smallest absolute Gasteiger partial charge is 0.137 e. The van der Waals surface area contributed by atoms with E-state index in [4.69, 9.17) is 11.6 Å². The first kappa shape index (κ1) is 8.19. The third-order valence-electron chi connectivity index (χ3n) is 1.56. The Balaban J connectivity index is 2.19. The van der Waals surface area contributed by atoms with Gasteiger partial charge >= 0.3 is 0 Å². The van der Waals surface area contributed by atoms with E-state index in [9.17, 15) is 0 Å². The number of pyridine rings is 1. The van der Waals surface area contributed by atoms with E-state index in [-0.39, 0.29) is 0 Å². The number of hydrogen-bond acceptors (Lipinski definition) is 3. The molecule has 0 aromatic carbocycles. The van der Waals surface area contributed by atoms with Crippen LogP contribution in [0.2, 0.25) is 5.15 Å². The van der Waals surface area contributed by atoms with Crippen molar-refractivity contribution >= 4 is 11.6 Å².